The number of nitrogens with one attached hydrogen (secondary N) is 2. The van der Waals surface area contributed by atoms with Gasteiger partial charge in [0, 0.05) is 15.7 Å². The molecular formula is C36H29ClF4N6S. The Morgan fingerprint density at radius 2 is 1.19 bits per heavy atom. The summed E-state index contributed by atoms with van der Waals surface area (Å²) < 4.78 is 52.0. The zero-order valence-electron chi connectivity index (χ0n) is 25.4. The Bertz CT molecular complexity index is 2120. The van der Waals surface area contributed by atoms with Crippen molar-refractivity contribution in [1.29, 1.82) is 0 Å². The molecule has 0 saturated carbocycles. The molecule has 0 aromatic heterocycles. The van der Waals surface area contributed by atoms with Gasteiger partial charge in [-0.1, -0.05) is 84.4 Å². The second-order valence-electron chi connectivity index (χ2n) is 10.3. The Kier molecular flexibility index (Phi) is 10.7. The van der Waals surface area contributed by atoms with Gasteiger partial charge in [-0.3, -0.25) is 0 Å². The predicted molar refractivity (Wildman–Crippen MR) is 192 cm³/mol. The van der Waals surface area contributed by atoms with E-state index >= 15 is 0 Å². The van der Waals surface area contributed by atoms with Crippen LogP contribution in [0.3, 0.4) is 0 Å². The molecule has 6 rings (SSSR count). The van der Waals surface area contributed by atoms with E-state index in [9.17, 15) is 17.6 Å². The fourth-order valence-corrected chi connectivity index (χ4v) is 5.33. The van der Waals surface area contributed by atoms with Crippen LogP contribution < -0.4 is 22.1 Å². The molecule has 12 heteroatoms. The second-order valence-corrected chi connectivity index (χ2v) is 11.6. The Labute approximate surface area is 283 Å². The van der Waals surface area contributed by atoms with Crippen LogP contribution in [-0.2, 0) is 6.18 Å². The standard InChI is InChI=1S/C18H16ClN3S.C18H13F4N3/c1-23-13-9-10-15(19)17(11-13)22-18(20)21-16-8-4-6-12-5-2-3-7-14(12)16;19-14-9-8-12(18(20,21)22)10-16(14)25-17(23)24-15-7-3-5-11-4-1-2-6-13(11)15/h2-11H,1H3,(H3,20,21,22);1-10H,(H3,23,24,25). The van der Waals surface area contributed by atoms with Crippen molar-refractivity contribution in [3.63, 3.8) is 0 Å². The third kappa shape index (κ3) is 8.55. The van der Waals surface area contributed by atoms with Gasteiger partial charge in [-0.25, -0.2) is 14.4 Å². The number of hydrogen-bond acceptors (Lipinski definition) is 3. The summed E-state index contributed by atoms with van der Waals surface area (Å²) in [5.74, 6) is -0.764. The third-order valence-corrected chi connectivity index (χ3v) is 8.06. The van der Waals surface area contributed by atoms with Gasteiger partial charge in [0.25, 0.3) is 0 Å². The zero-order chi connectivity index (χ0) is 34.3. The van der Waals surface area contributed by atoms with Crippen LogP contribution in [0.4, 0.5) is 40.3 Å². The Balaban J connectivity index is 0.000000188. The van der Waals surface area contributed by atoms with Crippen molar-refractivity contribution < 1.29 is 17.6 Å². The predicted octanol–water partition coefficient (Wildman–Crippen LogP) is 10.3. The van der Waals surface area contributed by atoms with Crippen molar-refractivity contribution in [3.05, 3.63) is 138 Å². The molecule has 0 aliphatic heterocycles. The van der Waals surface area contributed by atoms with E-state index in [0.717, 1.165) is 43.9 Å². The number of thioether (sulfide) groups is 1. The van der Waals surface area contributed by atoms with Gasteiger partial charge in [-0.2, -0.15) is 13.2 Å². The topological polar surface area (TPSA) is 101 Å². The highest BCUT2D eigenvalue weighted by Gasteiger charge is 2.31. The number of hydrogen-bond donors (Lipinski definition) is 4. The maximum atomic E-state index is 13.8. The molecule has 6 nitrogen and oxygen atoms in total. The number of halogens is 5. The molecule has 0 heterocycles. The molecule has 0 aliphatic rings. The summed E-state index contributed by atoms with van der Waals surface area (Å²) in [7, 11) is 0. The smallest absolute Gasteiger partial charge is 0.369 e. The summed E-state index contributed by atoms with van der Waals surface area (Å²) in [6.07, 6.45) is -2.56. The molecule has 0 unspecified atom stereocenters. The average molecular weight is 689 g/mol. The molecule has 0 amide bonds. The highest BCUT2D eigenvalue weighted by atomic mass is 35.5. The first kappa shape index (κ1) is 34.1. The first-order valence-electron chi connectivity index (χ1n) is 14.4. The minimum absolute atomic E-state index is 0.213. The first-order valence-corrected chi connectivity index (χ1v) is 16.0. The van der Waals surface area contributed by atoms with Crippen LogP contribution in [-0.4, -0.2) is 18.2 Å². The number of nitrogens with two attached hydrogens (primary N) is 2. The normalized spacial score (nSPS) is 12.0. The van der Waals surface area contributed by atoms with Gasteiger partial charge in [0.15, 0.2) is 11.9 Å². The van der Waals surface area contributed by atoms with Crippen LogP contribution in [0.5, 0.6) is 0 Å². The largest absolute Gasteiger partial charge is 0.416 e. The third-order valence-electron chi connectivity index (χ3n) is 7.01. The van der Waals surface area contributed by atoms with E-state index in [-0.39, 0.29) is 5.96 Å². The maximum Gasteiger partial charge on any atom is 0.416 e. The summed E-state index contributed by atoms with van der Waals surface area (Å²) >= 11 is 7.86. The highest BCUT2D eigenvalue weighted by molar-refractivity contribution is 7.98. The average Bonchev–Trinajstić information content (AvgIpc) is 3.07. The molecule has 0 saturated heterocycles. The van der Waals surface area contributed by atoms with E-state index < -0.39 is 23.2 Å². The molecule has 0 aliphatic carbocycles. The number of aliphatic imine (C=N–C) groups is 2. The Morgan fingerprint density at radius 3 is 1.73 bits per heavy atom. The van der Waals surface area contributed by atoms with E-state index in [1.165, 1.54) is 0 Å². The second kappa shape index (κ2) is 15.1. The van der Waals surface area contributed by atoms with Crippen molar-refractivity contribution >= 4 is 79.6 Å². The number of alkyl halides is 3. The number of anilines is 2. The lowest BCUT2D eigenvalue weighted by molar-refractivity contribution is -0.137. The number of fused-ring (bicyclic) bond motifs is 2. The molecular weight excluding hydrogens is 660 g/mol. The molecule has 0 fully saturated rings. The summed E-state index contributed by atoms with van der Waals surface area (Å²) in [6.45, 7) is 0. The minimum atomic E-state index is -4.58. The summed E-state index contributed by atoms with van der Waals surface area (Å²) in [5, 5.41) is 10.0. The quantitative estimate of drug-likeness (QED) is 0.0625. The zero-order valence-corrected chi connectivity index (χ0v) is 27.0. The number of nitrogens with zero attached hydrogens (tertiary/aromatic N) is 2. The summed E-state index contributed by atoms with van der Waals surface area (Å²) in [6, 6.07) is 34.7. The van der Waals surface area contributed by atoms with Gasteiger partial charge >= 0.3 is 6.18 Å². The molecule has 0 bridgehead atoms. The summed E-state index contributed by atoms with van der Waals surface area (Å²) in [4.78, 5) is 9.75. The van der Waals surface area contributed by atoms with Crippen molar-refractivity contribution in [2.45, 2.75) is 11.1 Å². The van der Waals surface area contributed by atoms with E-state index in [0.29, 0.717) is 28.8 Å². The van der Waals surface area contributed by atoms with Crippen molar-refractivity contribution in [3.8, 4) is 0 Å². The highest BCUT2D eigenvalue weighted by Crippen LogP contribution is 2.32. The van der Waals surface area contributed by atoms with Crippen LogP contribution in [0, 0.1) is 5.82 Å². The SMILES string of the molecule is CSc1ccc(Cl)c(NC(N)=Nc2cccc3ccccc23)c1.NC(=Nc1cccc2ccccc12)Nc1cc(C(F)(F)F)ccc1F. The van der Waals surface area contributed by atoms with Gasteiger partial charge in [-0.15, -0.1) is 11.8 Å². The van der Waals surface area contributed by atoms with E-state index in [1.807, 2.05) is 85.1 Å². The van der Waals surface area contributed by atoms with Gasteiger partial charge < -0.3 is 22.1 Å². The molecule has 6 N–H and O–H groups in total. The summed E-state index contributed by atoms with van der Waals surface area (Å²) in [5.41, 5.74) is 12.5. The van der Waals surface area contributed by atoms with E-state index in [1.54, 1.807) is 23.9 Å². The molecule has 48 heavy (non-hydrogen) atoms. The first-order chi connectivity index (χ1) is 23.0. The number of benzene rings is 6. The van der Waals surface area contributed by atoms with Crippen LogP contribution in [0.25, 0.3) is 21.5 Å². The van der Waals surface area contributed by atoms with Crippen molar-refractivity contribution in [2.24, 2.45) is 21.5 Å². The van der Waals surface area contributed by atoms with E-state index in [2.05, 4.69) is 32.8 Å². The Hall–Kier alpha value is -5.26. The monoisotopic (exact) mass is 688 g/mol. The van der Waals surface area contributed by atoms with Gasteiger partial charge in [-0.05, 0) is 65.6 Å². The van der Waals surface area contributed by atoms with E-state index in [4.69, 9.17) is 23.1 Å². The fraction of sp³-hybridized carbons (Fsp3) is 0.0556. The van der Waals surface area contributed by atoms with Crippen LogP contribution in [0.15, 0.2) is 136 Å². The molecule has 6 aromatic rings. The lowest BCUT2D eigenvalue weighted by atomic mass is 10.1. The number of rotatable bonds is 5. The molecule has 244 valence electrons. The van der Waals surface area contributed by atoms with Crippen LogP contribution in [0.2, 0.25) is 5.02 Å². The van der Waals surface area contributed by atoms with Crippen molar-refractivity contribution in [2.75, 3.05) is 16.9 Å². The molecule has 0 spiro atoms. The molecule has 0 radical (unpaired) electrons. The van der Waals surface area contributed by atoms with Crippen LogP contribution in [0.1, 0.15) is 5.56 Å². The number of guanidine groups is 2. The lowest BCUT2D eigenvalue weighted by Gasteiger charge is -2.11. The van der Waals surface area contributed by atoms with Gasteiger partial charge in [0.1, 0.15) is 5.82 Å². The van der Waals surface area contributed by atoms with Gasteiger partial charge in [0.2, 0.25) is 0 Å². The fourth-order valence-electron chi connectivity index (χ4n) is 4.73. The maximum absolute atomic E-state index is 13.8. The minimum Gasteiger partial charge on any atom is -0.369 e. The lowest BCUT2D eigenvalue weighted by Crippen LogP contribution is -2.23. The van der Waals surface area contributed by atoms with Gasteiger partial charge in [0.05, 0.1) is 33.3 Å². The van der Waals surface area contributed by atoms with Crippen LogP contribution >= 0.6 is 23.4 Å². The Morgan fingerprint density at radius 1 is 0.667 bits per heavy atom. The molecule has 0 atom stereocenters. The van der Waals surface area contributed by atoms with Crippen molar-refractivity contribution in [1.82, 2.24) is 0 Å². The molecule has 6 aromatic carbocycles.